The van der Waals surface area contributed by atoms with Crippen molar-refractivity contribution in [3.63, 3.8) is 0 Å². The van der Waals surface area contributed by atoms with Crippen LogP contribution in [0.1, 0.15) is 50.7 Å². The molecule has 2 aliphatic rings. The summed E-state index contributed by atoms with van der Waals surface area (Å²) in [6.07, 6.45) is 3.82. The standard InChI is InChI=1S/C17H24N.3CH3.Ti/c1-11-10-12(2)16(13(11)3)15-8-4-6-14-7-5-9-18-17(14)15;;;;/h4,6,8,11-13,16H,5,7,9-10H2,1-3H3;3*1H3;/q4*-1;+4. The molecule has 0 amide bonds. The number of nitrogens with zero attached hydrogens (tertiary/aromatic N) is 1. The van der Waals surface area contributed by atoms with Gasteiger partial charge in [0.2, 0.25) is 0 Å². The summed E-state index contributed by atoms with van der Waals surface area (Å²) in [4.78, 5) is 0. The summed E-state index contributed by atoms with van der Waals surface area (Å²) in [5.74, 6) is 3.17. The van der Waals surface area contributed by atoms with E-state index in [0.29, 0.717) is 0 Å². The molecule has 1 saturated carbocycles. The van der Waals surface area contributed by atoms with Gasteiger partial charge in [0.05, 0.1) is 0 Å². The first-order valence-electron chi connectivity index (χ1n) is 7.47. The van der Waals surface area contributed by atoms with Crippen molar-refractivity contribution in [2.75, 3.05) is 6.54 Å². The van der Waals surface area contributed by atoms with Crippen molar-refractivity contribution in [3.8, 4) is 0 Å². The van der Waals surface area contributed by atoms with Gasteiger partial charge in [-0.2, -0.15) is 0 Å². The van der Waals surface area contributed by atoms with Crippen molar-refractivity contribution in [2.24, 2.45) is 17.8 Å². The molecule has 2 heteroatoms. The van der Waals surface area contributed by atoms with Crippen LogP contribution in [0.25, 0.3) is 5.32 Å². The predicted molar refractivity (Wildman–Crippen MR) is 96.7 cm³/mol. The van der Waals surface area contributed by atoms with Crippen LogP contribution in [0.3, 0.4) is 0 Å². The Morgan fingerprint density at radius 3 is 2.27 bits per heavy atom. The third-order valence-corrected chi connectivity index (χ3v) is 5.20. The van der Waals surface area contributed by atoms with E-state index in [-0.39, 0.29) is 44.0 Å². The van der Waals surface area contributed by atoms with Gasteiger partial charge in [-0.1, -0.05) is 56.5 Å². The van der Waals surface area contributed by atoms with E-state index in [1.807, 2.05) is 0 Å². The largest absolute Gasteiger partial charge is 4.00 e. The minimum Gasteiger partial charge on any atom is -0.684 e. The monoisotopic (exact) mass is 335 g/mol. The van der Waals surface area contributed by atoms with Gasteiger partial charge in [-0.3, -0.25) is 0 Å². The van der Waals surface area contributed by atoms with Crippen molar-refractivity contribution < 1.29 is 21.7 Å². The summed E-state index contributed by atoms with van der Waals surface area (Å²) in [7, 11) is 0. The molecule has 1 aromatic carbocycles. The molecule has 0 spiro atoms. The number of para-hydroxylation sites is 1. The van der Waals surface area contributed by atoms with E-state index in [1.165, 1.54) is 36.1 Å². The first-order valence-corrected chi connectivity index (χ1v) is 7.47. The van der Waals surface area contributed by atoms with E-state index < -0.39 is 0 Å². The zero-order valence-electron chi connectivity index (χ0n) is 15.3. The van der Waals surface area contributed by atoms with Gasteiger partial charge < -0.3 is 27.6 Å². The number of fused-ring (bicyclic) bond motifs is 1. The van der Waals surface area contributed by atoms with Gasteiger partial charge in [0.1, 0.15) is 0 Å². The van der Waals surface area contributed by atoms with E-state index in [9.17, 15) is 0 Å². The molecule has 0 N–H and O–H groups in total. The quantitative estimate of drug-likeness (QED) is 0.417. The first kappa shape index (κ1) is 24.0. The molecule has 4 atom stereocenters. The maximum atomic E-state index is 4.83. The van der Waals surface area contributed by atoms with Gasteiger partial charge in [-0.05, 0) is 36.5 Å². The smallest absolute Gasteiger partial charge is 0.684 e. The zero-order chi connectivity index (χ0) is 12.7. The van der Waals surface area contributed by atoms with E-state index in [0.717, 1.165) is 30.2 Å². The Balaban J connectivity index is 0. The van der Waals surface area contributed by atoms with Crippen molar-refractivity contribution >= 4 is 5.69 Å². The second-order valence-electron chi connectivity index (χ2n) is 6.42. The van der Waals surface area contributed by atoms with Gasteiger partial charge in [0, 0.05) is 0 Å². The molecule has 1 aromatic rings. The third-order valence-electron chi connectivity index (χ3n) is 5.20. The fourth-order valence-corrected chi connectivity index (χ4v) is 4.14. The Morgan fingerprint density at radius 1 is 1.00 bits per heavy atom. The topological polar surface area (TPSA) is 14.1 Å². The Bertz CT molecular complexity index is 443. The maximum Gasteiger partial charge on any atom is 4.00 e. The first-order chi connectivity index (χ1) is 8.68. The average molecular weight is 335 g/mol. The van der Waals surface area contributed by atoms with Gasteiger partial charge >= 0.3 is 21.7 Å². The normalized spacial score (nSPS) is 28.7. The zero-order valence-corrected chi connectivity index (χ0v) is 16.9. The summed E-state index contributed by atoms with van der Waals surface area (Å²) < 4.78 is 0. The molecule has 0 radical (unpaired) electrons. The minimum atomic E-state index is 0. The van der Waals surface area contributed by atoms with Crippen LogP contribution in [0.5, 0.6) is 0 Å². The van der Waals surface area contributed by atoms with Crippen LogP contribution in [0.15, 0.2) is 18.2 Å². The van der Waals surface area contributed by atoms with Crippen molar-refractivity contribution in [1.82, 2.24) is 0 Å². The molecular weight excluding hydrogens is 302 g/mol. The molecule has 1 aliphatic heterocycles. The Kier molecular flexibility index (Phi) is 10.7. The number of aryl methyl sites for hydroxylation is 1. The molecule has 122 valence electrons. The summed E-state index contributed by atoms with van der Waals surface area (Å²) in [5, 5.41) is 4.83. The van der Waals surface area contributed by atoms with Gasteiger partial charge in [0.15, 0.2) is 0 Å². The van der Waals surface area contributed by atoms with Crippen LogP contribution in [-0.2, 0) is 28.1 Å². The summed E-state index contributed by atoms with van der Waals surface area (Å²) >= 11 is 0. The van der Waals surface area contributed by atoms with E-state index >= 15 is 0 Å². The summed E-state index contributed by atoms with van der Waals surface area (Å²) in [6, 6.07) is 6.86. The van der Waals surface area contributed by atoms with E-state index in [4.69, 9.17) is 5.32 Å². The third kappa shape index (κ3) is 4.17. The van der Waals surface area contributed by atoms with Crippen LogP contribution < -0.4 is 0 Å². The van der Waals surface area contributed by atoms with Crippen LogP contribution in [0, 0.1) is 40.0 Å². The van der Waals surface area contributed by atoms with Gasteiger partial charge in [-0.25, -0.2) is 0 Å². The predicted octanol–water partition coefficient (Wildman–Crippen LogP) is 6.38. The molecule has 22 heavy (non-hydrogen) atoms. The Labute approximate surface area is 154 Å². The second kappa shape index (κ2) is 9.78. The SMILES string of the molecule is CC1CC(C)C(c2cccc3c2[N-]CCC3)C1C.[CH3-].[CH3-].[CH3-].[Ti+4]. The fourth-order valence-electron chi connectivity index (χ4n) is 4.14. The number of rotatable bonds is 1. The number of benzene rings is 1. The molecule has 4 unspecified atom stereocenters. The van der Waals surface area contributed by atoms with Gasteiger partial charge in [-0.15, -0.1) is 12.2 Å². The van der Waals surface area contributed by atoms with Crippen LogP contribution >= 0.6 is 0 Å². The van der Waals surface area contributed by atoms with E-state index in [1.54, 1.807) is 0 Å². The summed E-state index contributed by atoms with van der Waals surface area (Å²) in [5.41, 5.74) is 4.37. The van der Waals surface area contributed by atoms with Crippen molar-refractivity contribution in [3.05, 3.63) is 56.9 Å². The van der Waals surface area contributed by atoms with Crippen molar-refractivity contribution in [1.29, 1.82) is 0 Å². The van der Waals surface area contributed by atoms with Crippen LogP contribution in [0.4, 0.5) is 5.69 Å². The molecule has 1 heterocycles. The molecule has 1 aliphatic carbocycles. The van der Waals surface area contributed by atoms with E-state index in [2.05, 4.69) is 39.0 Å². The maximum absolute atomic E-state index is 4.83. The molecule has 0 aromatic heterocycles. The fraction of sp³-hybridized carbons (Fsp3) is 0.550. The van der Waals surface area contributed by atoms with Gasteiger partial charge in [0.25, 0.3) is 0 Å². The molecular formula is C20H33NTi. The molecule has 0 saturated heterocycles. The molecule has 1 fully saturated rings. The molecule has 3 rings (SSSR count). The van der Waals surface area contributed by atoms with Crippen LogP contribution in [-0.4, -0.2) is 6.54 Å². The molecule has 1 nitrogen and oxygen atoms in total. The Hall–Kier alpha value is -0.266. The van der Waals surface area contributed by atoms with Crippen molar-refractivity contribution in [2.45, 2.75) is 46.0 Å². The number of hydrogen-bond donors (Lipinski definition) is 0. The number of hydrogen-bond acceptors (Lipinski definition) is 0. The summed E-state index contributed by atoms with van der Waals surface area (Å²) in [6.45, 7) is 8.29. The second-order valence-corrected chi connectivity index (χ2v) is 6.42. The molecule has 0 bridgehead atoms. The van der Waals surface area contributed by atoms with Crippen LogP contribution in [0.2, 0.25) is 0 Å². The minimum absolute atomic E-state index is 0. The average Bonchev–Trinajstić information content (AvgIpc) is 2.63. The Morgan fingerprint density at radius 2 is 1.68 bits per heavy atom.